The number of hydrogen-bond donors (Lipinski definition) is 1. The topological polar surface area (TPSA) is 92.6 Å². The molecule has 1 aliphatic rings. The maximum Gasteiger partial charge on any atom is 0.285 e. The second-order valence-corrected chi connectivity index (χ2v) is 5.71. The highest BCUT2D eigenvalue weighted by Crippen LogP contribution is 2.31. The Morgan fingerprint density at radius 3 is 2.86 bits per heavy atom. The number of non-ortho nitro benzene ring substituents is 1. The SMILES string of the molecule is CC(=O)NN1C(=O)/C(=C\c2cccc([N+](=O)[O-])c2)SC1=S. The Labute approximate surface area is 129 Å². The monoisotopic (exact) mass is 323 g/mol. The largest absolute Gasteiger partial charge is 0.285 e. The van der Waals surface area contributed by atoms with E-state index in [2.05, 4.69) is 5.43 Å². The van der Waals surface area contributed by atoms with Crippen LogP contribution in [0.1, 0.15) is 12.5 Å². The number of rotatable bonds is 3. The van der Waals surface area contributed by atoms with E-state index in [1.54, 1.807) is 6.07 Å². The zero-order valence-electron chi connectivity index (χ0n) is 10.7. The number of hydrazine groups is 1. The molecule has 1 aliphatic heterocycles. The van der Waals surface area contributed by atoms with Crippen LogP contribution in [0.25, 0.3) is 6.08 Å². The third kappa shape index (κ3) is 3.44. The summed E-state index contributed by atoms with van der Waals surface area (Å²) in [5.74, 6) is -0.880. The average molecular weight is 323 g/mol. The zero-order chi connectivity index (χ0) is 15.6. The predicted octanol–water partition coefficient (Wildman–Crippen LogP) is 1.85. The molecule has 7 nitrogen and oxygen atoms in total. The lowest BCUT2D eigenvalue weighted by atomic mass is 10.2. The molecule has 0 aromatic heterocycles. The fraction of sp³-hybridized carbons (Fsp3) is 0.0833. The number of nitrogens with zero attached hydrogens (tertiary/aromatic N) is 2. The molecule has 0 atom stereocenters. The Kier molecular flexibility index (Phi) is 4.34. The summed E-state index contributed by atoms with van der Waals surface area (Å²) in [6.45, 7) is 1.27. The number of nitro groups is 1. The maximum absolute atomic E-state index is 12.1. The van der Waals surface area contributed by atoms with Gasteiger partial charge in [-0.3, -0.25) is 25.1 Å². The molecule has 2 amide bonds. The van der Waals surface area contributed by atoms with Gasteiger partial charge in [-0.15, -0.1) is 0 Å². The fourth-order valence-electron chi connectivity index (χ4n) is 1.60. The van der Waals surface area contributed by atoms with Crippen LogP contribution < -0.4 is 5.43 Å². The van der Waals surface area contributed by atoms with Crippen molar-refractivity contribution in [3.8, 4) is 0 Å². The molecule has 1 N–H and O–H groups in total. The van der Waals surface area contributed by atoms with E-state index in [0.717, 1.165) is 16.8 Å². The van der Waals surface area contributed by atoms with E-state index in [9.17, 15) is 19.7 Å². The van der Waals surface area contributed by atoms with Crippen LogP contribution in [0.15, 0.2) is 29.2 Å². The molecule has 1 heterocycles. The van der Waals surface area contributed by atoms with Crippen molar-refractivity contribution < 1.29 is 14.5 Å². The van der Waals surface area contributed by atoms with Gasteiger partial charge in [0.25, 0.3) is 11.6 Å². The molecule has 0 spiro atoms. The third-order valence-corrected chi connectivity index (χ3v) is 3.74. The highest BCUT2D eigenvalue weighted by molar-refractivity contribution is 8.26. The fourth-order valence-corrected chi connectivity index (χ4v) is 2.78. The second-order valence-electron chi connectivity index (χ2n) is 4.04. The molecule has 0 aliphatic carbocycles. The van der Waals surface area contributed by atoms with Crippen molar-refractivity contribution in [3.05, 3.63) is 44.8 Å². The van der Waals surface area contributed by atoms with E-state index in [0.29, 0.717) is 5.56 Å². The molecule has 1 aromatic carbocycles. The van der Waals surface area contributed by atoms with E-state index < -0.39 is 16.7 Å². The lowest BCUT2D eigenvalue weighted by Crippen LogP contribution is -2.43. The summed E-state index contributed by atoms with van der Waals surface area (Å²) in [7, 11) is 0. The van der Waals surface area contributed by atoms with Gasteiger partial charge in [-0.2, -0.15) is 5.01 Å². The van der Waals surface area contributed by atoms with Crippen LogP contribution in [0.2, 0.25) is 0 Å². The van der Waals surface area contributed by atoms with Gasteiger partial charge in [-0.25, -0.2) is 0 Å². The summed E-state index contributed by atoms with van der Waals surface area (Å²) < 4.78 is 0.201. The van der Waals surface area contributed by atoms with Gasteiger partial charge >= 0.3 is 0 Å². The first-order chi connectivity index (χ1) is 9.88. The van der Waals surface area contributed by atoms with E-state index in [1.807, 2.05) is 0 Å². The molecule has 1 fully saturated rings. The number of nitrogens with one attached hydrogen (secondary N) is 1. The van der Waals surface area contributed by atoms with Gasteiger partial charge in [-0.05, 0) is 23.9 Å². The number of amides is 2. The third-order valence-electron chi connectivity index (χ3n) is 2.44. The number of carbonyl (C=O) groups is 2. The zero-order valence-corrected chi connectivity index (χ0v) is 12.4. The van der Waals surface area contributed by atoms with Crippen molar-refractivity contribution in [3.63, 3.8) is 0 Å². The van der Waals surface area contributed by atoms with Crippen LogP contribution in [0, 0.1) is 10.1 Å². The van der Waals surface area contributed by atoms with E-state index in [1.165, 1.54) is 31.2 Å². The van der Waals surface area contributed by atoms with Gasteiger partial charge in [-0.1, -0.05) is 23.9 Å². The lowest BCUT2D eigenvalue weighted by molar-refractivity contribution is -0.384. The lowest BCUT2D eigenvalue weighted by Gasteiger charge is -2.13. The Morgan fingerprint density at radius 2 is 2.24 bits per heavy atom. The first-order valence-corrected chi connectivity index (χ1v) is 6.90. The van der Waals surface area contributed by atoms with Gasteiger partial charge in [0.2, 0.25) is 5.91 Å². The molecular weight excluding hydrogens is 314 g/mol. The summed E-state index contributed by atoms with van der Waals surface area (Å²) in [5, 5.41) is 11.7. The normalized spacial score (nSPS) is 16.4. The van der Waals surface area contributed by atoms with Gasteiger partial charge in [0, 0.05) is 19.1 Å². The number of carbonyl (C=O) groups excluding carboxylic acids is 2. The molecule has 0 saturated carbocycles. The van der Waals surface area contributed by atoms with Gasteiger partial charge < -0.3 is 0 Å². The quantitative estimate of drug-likeness (QED) is 0.395. The molecule has 21 heavy (non-hydrogen) atoms. The predicted molar refractivity (Wildman–Crippen MR) is 81.9 cm³/mol. The molecule has 108 valence electrons. The number of benzene rings is 1. The molecule has 0 radical (unpaired) electrons. The minimum absolute atomic E-state index is 0.0684. The van der Waals surface area contributed by atoms with Crippen LogP contribution in [-0.4, -0.2) is 26.1 Å². The summed E-state index contributed by atoms with van der Waals surface area (Å²) in [4.78, 5) is 33.6. The van der Waals surface area contributed by atoms with E-state index >= 15 is 0 Å². The molecule has 2 rings (SSSR count). The number of thiocarbonyl (C=S) groups is 1. The molecule has 0 bridgehead atoms. The van der Waals surface area contributed by atoms with E-state index in [-0.39, 0.29) is 14.9 Å². The van der Waals surface area contributed by atoms with Crippen molar-refractivity contribution in [1.82, 2.24) is 10.4 Å². The summed E-state index contributed by atoms with van der Waals surface area (Å²) in [6, 6.07) is 5.88. The Balaban J connectivity index is 2.28. The van der Waals surface area contributed by atoms with Crippen LogP contribution in [-0.2, 0) is 9.59 Å². The van der Waals surface area contributed by atoms with Crippen LogP contribution in [0.3, 0.4) is 0 Å². The highest BCUT2D eigenvalue weighted by atomic mass is 32.2. The number of hydrogen-bond acceptors (Lipinski definition) is 6. The van der Waals surface area contributed by atoms with Crippen molar-refractivity contribution in [2.24, 2.45) is 0 Å². The highest BCUT2D eigenvalue weighted by Gasteiger charge is 2.33. The minimum atomic E-state index is -0.514. The standard InChI is InChI=1S/C12H9N3O4S2/c1-7(16)13-14-11(17)10(21-12(14)20)6-8-3-2-4-9(5-8)15(18)19/h2-6H,1H3,(H,13,16)/b10-6+. The van der Waals surface area contributed by atoms with Crippen molar-refractivity contribution in [2.75, 3.05) is 0 Å². The van der Waals surface area contributed by atoms with Crippen molar-refractivity contribution in [2.45, 2.75) is 6.92 Å². The van der Waals surface area contributed by atoms with Gasteiger partial charge in [0.1, 0.15) is 0 Å². The average Bonchev–Trinajstić information content (AvgIpc) is 2.66. The van der Waals surface area contributed by atoms with Crippen LogP contribution in [0.4, 0.5) is 5.69 Å². The Hall–Kier alpha value is -2.26. The van der Waals surface area contributed by atoms with Crippen molar-refractivity contribution in [1.29, 1.82) is 0 Å². The number of thioether (sulfide) groups is 1. The summed E-state index contributed by atoms with van der Waals surface area (Å²) in [5.41, 5.74) is 2.76. The molecular formula is C12H9N3O4S2. The van der Waals surface area contributed by atoms with Gasteiger partial charge in [0.05, 0.1) is 9.83 Å². The maximum atomic E-state index is 12.1. The van der Waals surface area contributed by atoms with E-state index in [4.69, 9.17) is 12.2 Å². The number of nitro benzene ring substituents is 1. The first kappa shape index (κ1) is 15.1. The van der Waals surface area contributed by atoms with Crippen LogP contribution >= 0.6 is 24.0 Å². The molecule has 9 heteroatoms. The Morgan fingerprint density at radius 1 is 1.52 bits per heavy atom. The summed E-state index contributed by atoms with van der Waals surface area (Å²) >= 11 is 6.02. The first-order valence-electron chi connectivity index (χ1n) is 5.68. The second kappa shape index (κ2) is 6.02. The molecule has 0 unspecified atom stereocenters. The summed E-state index contributed by atoms with van der Waals surface area (Å²) in [6.07, 6.45) is 1.49. The van der Waals surface area contributed by atoms with Gasteiger partial charge in [0.15, 0.2) is 4.32 Å². The van der Waals surface area contributed by atoms with Crippen molar-refractivity contribution >= 4 is 51.9 Å². The smallest absolute Gasteiger partial charge is 0.274 e. The minimum Gasteiger partial charge on any atom is -0.274 e. The molecule has 1 saturated heterocycles. The van der Waals surface area contributed by atoms with Crippen LogP contribution in [0.5, 0.6) is 0 Å². The molecule has 1 aromatic rings. The Bertz CT molecular complexity index is 687.